The highest BCUT2D eigenvalue weighted by atomic mass is 32.2. The summed E-state index contributed by atoms with van der Waals surface area (Å²) in [5.74, 6) is -1.84. The van der Waals surface area contributed by atoms with Crippen molar-refractivity contribution in [3.8, 4) is 0 Å². The summed E-state index contributed by atoms with van der Waals surface area (Å²) in [7, 11) is -4.03. The number of amides is 1. The second-order valence-electron chi connectivity index (χ2n) is 5.28. The van der Waals surface area contributed by atoms with Crippen LogP contribution < -0.4 is 10.5 Å². The lowest BCUT2D eigenvalue weighted by Gasteiger charge is -2.15. The van der Waals surface area contributed by atoms with Crippen LogP contribution in [0.1, 0.15) is 15.9 Å². The highest BCUT2D eigenvalue weighted by Gasteiger charge is 2.18. The van der Waals surface area contributed by atoms with E-state index in [1.54, 1.807) is 0 Å². The first-order valence-electron chi connectivity index (χ1n) is 7.03. The number of benzene rings is 1. The van der Waals surface area contributed by atoms with Gasteiger partial charge in [-0.2, -0.15) is 11.3 Å². The van der Waals surface area contributed by atoms with Crippen molar-refractivity contribution < 1.29 is 22.7 Å². The van der Waals surface area contributed by atoms with Gasteiger partial charge in [0.05, 0.1) is 10.5 Å². The number of aliphatic hydroxyl groups excluding tert-OH is 1. The topological polar surface area (TPSA) is 109 Å². The van der Waals surface area contributed by atoms with E-state index in [9.17, 15) is 22.7 Å². The molecule has 24 heavy (non-hydrogen) atoms. The summed E-state index contributed by atoms with van der Waals surface area (Å²) in [6, 6.07) is 4.69. The highest BCUT2D eigenvalue weighted by molar-refractivity contribution is 7.89. The molecule has 130 valence electrons. The molecule has 2 rings (SSSR count). The van der Waals surface area contributed by atoms with Gasteiger partial charge in [-0.15, -0.1) is 0 Å². The SMILES string of the molecule is NS(=O)(=O)c1ccc(F)c(C(=O)NC[C@@H](CO)Cc2ccsc2)c1. The average Bonchev–Trinajstić information content (AvgIpc) is 3.03. The molecule has 1 atom stereocenters. The lowest BCUT2D eigenvalue weighted by Crippen LogP contribution is -2.32. The number of carbonyl (C=O) groups is 1. The molecule has 0 radical (unpaired) electrons. The van der Waals surface area contributed by atoms with Crippen LogP contribution in [0.2, 0.25) is 0 Å². The van der Waals surface area contributed by atoms with Crippen LogP contribution in [-0.4, -0.2) is 32.6 Å². The maximum atomic E-state index is 13.8. The smallest absolute Gasteiger partial charge is 0.254 e. The third-order valence-corrected chi connectivity index (χ3v) is 5.07. The highest BCUT2D eigenvalue weighted by Crippen LogP contribution is 2.15. The Balaban J connectivity index is 2.06. The van der Waals surface area contributed by atoms with Gasteiger partial charge in [0.25, 0.3) is 5.91 Å². The molecule has 1 heterocycles. The minimum absolute atomic E-state index is 0.129. The number of primary sulfonamides is 1. The number of hydrogen-bond acceptors (Lipinski definition) is 5. The minimum Gasteiger partial charge on any atom is -0.396 e. The summed E-state index contributed by atoms with van der Waals surface area (Å²) in [6.45, 7) is -0.0138. The summed E-state index contributed by atoms with van der Waals surface area (Å²) in [5.41, 5.74) is 0.629. The predicted molar refractivity (Wildman–Crippen MR) is 88.7 cm³/mol. The zero-order valence-corrected chi connectivity index (χ0v) is 14.2. The van der Waals surface area contributed by atoms with Gasteiger partial charge in [-0.1, -0.05) is 0 Å². The largest absolute Gasteiger partial charge is 0.396 e. The van der Waals surface area contributed by atoms with E-state index in [2.05, 4.69) is 5.32 Å². The Labute approximate surface area is 143 Å². The van der Waals surface area contributed by atoms with E-state index in [1.807, 2.05) is 16.8 Å². The van der Waals surface area contributed by atoms with Crippen molar-refractivity contribution >= 4 is 27.3 Å². The summed E-state index contributed by atoms with van der Waals surface area (Å²) < 4.78 is 36.4. The Hall–Kier alpha value is -1.81. The normalized spacial score (nSPS) is 12.8. The van der Waals surface area contributed by atoms with Gasteiger partial charge in [-0.05, 0) is 47.0 Å². The van der Waals surface area contributed by atoms with Crippen molar-refractivity contribution in [3.63, 3.8) is 0 Å². The molecule has 0 fully saturated rings. The molecule has 0 saturated heterocycles. The quantitative estimate of drug-likeness (QED) is 0.676. The van der Waals surface area contributed by atoms with Crippen molar-refractivity contribution in [3.05, 3.63) is 52.0 Å². The summed E-state index contributed by atoms with van der Waals surface area (Å²) >= 11 is 1.53. The van der Waals surface area contributed by atoms with E-state index >= 15 is 0 Å². The van der Waals surface area contributed by atoms with Gasteiger partial charge < -0.3 is 10.4 Å². The van der Waals surface area contributed by atoms with Crippen LogP contribution in [0.4, 0.5) is 4.39 Å². The van der Waals surface area contributed by atoms with Gasteiger partial charge in [0.2, 0.25) is 10.0 Å². The summed E-state index contributed by atoms with van der Waals surface area (Å²) in [5, 5.41) is 20.7. The van der Waals surface area contributed by atoms with Crippen LogP contribution in [0.25, 0.3) is 0 Å². The van der Waals surface area contributed by atoms with Crippen LogP contribution in [-0.2, 0) is 16.4 Å². The molecule has 2 aromatic rings. The molecule has 4 N–H and O–H groups in total. The number of sulfonamides is 1. The van der Waals surface area contributed by atoms with Crippen LogP contribution in [0.15, 0.2) is 39.9 Å². The number of nitrogens with one attached hydrogen (secondary N) is 1. The molecule has 1 amide bonds. The molecular weight excluding hydrogens is 355 g/mol. The lowest BCUT2D eigenvalue weighted by molar-refractivity contribution is 0.0935. The summed E-state index contributed by atoms with van der Waals surface area (Å²) in [4.78, 5) is 11.8. The number of thiophene rings is 1. The minimum atomic E-state index is -4.03. The van der Waals surface area contributed by atoms with Crippen LogP contribution in [0.5, 0.6) is 0 Å². The average molecular weight is 372 g/mol. The van der Waals surface area contributed by atoms with Gasteiger partial charge in [0.15, 0.2) is 0 Å². The van der Waals surface area contributed by atoms with E-state index in [1.165, 1.54) is 11.3 Å². The van der Waals surface area contributed by atoms with Crippen molar-refractivity contribution in [1.29, 1.82) is 0 Å². The third kappa shape index (κ3) is 4.84. The first-order valence-corrected chi connectivity index (χ1v) is 9.52. The van der Waals surface area contributed by atoms with Crippen molar-refractivity contribution in [2.24, 2.45) is 11.1 Å². The van der Waals surface area contributed by atoms with E-state index in [0.29, 0.717) is 6.42 Å². The van der Waals surface area contributed by atoms with Crippen molar-refractivity contribution in [2.45, 2.75) is 11.3 Å². The molecule has 9 heteroatoms. The van der Waals surface area contributed by atoms with Crippen LogP contribution in [0.3, 0.4) is 0 Å². The standard InChI is InChI=1S/C15H17FN2O4S2/c16-14-2-1-12(24(17,21)22)6-13(14)15(20)18-7-11(8-19)5-10-3-4-23-9-10/h1-4,6,9,11,19H,5,7-8H2,(H,18,20)(H2,17,21,22)/t11-/m0/s1. The Morgan fingerprint density at radius 1 is 1.38 bits per heavy atom. The number of carbonyl (C=O) groups excluding carboxylic acids is 1. The third-order valence-electron chi connectivity index (χ3n) is 3.42. The van der Waals surface area contributed by atoms with Gasteiger partial charge in [-0.3, -0.25) is 4.79 Å². The Bertz CT molecular complexity index is 807. The lowest BCUT2D eigenvalue weighted by atomic mass is 10.0. The molecule has 0 unspecified atom stereocenters. The molecule has 0 bridgehead atoms. The number of aliphatic hydroxyl groups is 1. The fraction of sp³-hybridized carbons (Fsp3) is 0.267. The fourth-order valence-corrected chi connectivity index (χ4v) is 3.35. The molecular formula is C15H17FN2O4S2. The number of rotatable bonds is 7. The second kappa shape index (κ2) is 7.84. The summed E-state index contributed by atoms with van der Waals surface area (Å²) in [6.07, 6.45) is 0.569. The maximum Gasteiger partial charge on any atom is 0.254 e. The van der Waals surface area contributed by atoms with Gasteiger partial charge in [0.1, 0.15) is 5.82 Å². The van der Waals surface area contributed by atoms with Gasteiger partial charge >= 0.3 is 0 Å². The zero-order valence-electron chi connectivity index (χ0n) is 12.6. The predicted octanol–water partition coefficient (Wildman–Crippen LogP) is 1.12. The Morgan fingerprint density at radius 2 is 2.12 bits per heavy atom. The van der Waals surface area contributed by atoms with E-state index in [4.69, 9.17) is 5.14 Å². The van der Waals surface area contributed by atoms with E-state index in [-0.39, 0.29) is 24.0 Å². The van der Waals surface area contributed by atoms with E-state index in [0.717, 1.165) is 23.8 Å². The van der Waals surface area contributed by atoms with Gasteiger partial charge in [-0.25, -0.2) is 17.9 Å². The maximum absolute atomic E-state index is 13.8. The zero-order chi connectivity index (χ0) is 17.7. The van der Waals surface area contributed by atoms with Crippen LogP contribution in [0, 0.1) is 11.7 Å². The first kappa shape index (κ1) is 18.5. The molecule has 6 nitrogen and oxygen atoms in total. The molecule has 0 saturated carbocycles. The Kier molecular flexibility index (Phi) is 6.05. The monoisotopic (exact) mass is 372 g/mol. The Morgan fingerprint density at radius 3 is 2.71 bits per heavy atom. The number of nitrogens with two attached hydrogens (primary N) is 1. The number of halogens is 1. The fourth-order valence-electron chi connectivity index (χ4n) is 2.13. The molecule has 1 aromatic heterocycles. The molecule has 0 aliphatic rings. The number of hydrogen-bond donors (Lipinski definition) is 3. The van der Waals surface area contributed by atoms with Gasteiger partial charge in [0, 0.05) is 19.1 Å². The van der Waals surface area contributed by atoms with Crippen molar-refractivity contribution in [2.75, 3.05) is 13.2 Å². The van der Waals surface area contributed by atoms with Crippen LogP contribution >= 0.6 is 11.3 Å². The van der Waals surface area contributed by atoms with Crippen molar-refractivity contribution in [1.82, 2.24) is 5.32 Å². The first-order chi connectivity index (χ1) is 11.3. The molecule has 0 aliphatic heterocycles. The van der Waals surface area contributed by atoms with E-state index < -0.39 is 27.3 Å². The molecule has 0 aliphatic carbocycles. The second-order valence-corrected chi connectivity index (χ2v) is 7.62. The molecule has 0 spiro atoms. The molecule has 1 aromatic carbocycles.